The number of hydrogen-bond donors (Lipinski definition) is 3. The van der Waals surface area contributed by atoms with Crippen molar-refractivity contribution in [3.63, 3.8) is 0 Å². The lowest BCUT2D eigenvalue weighted by Gasteiger charge is -2.31. The zero-order valence-electron chi connectivity index (χ0n) is 11.1. The summed E-state index contributed by atoms with van der Waals surface area (Å²) >= 11 is 0. The first kappa shape index (κ1) is 15.3. The van der Waals surface area contributed by atoms with E-state index in [2.05, 4.69) is 10.6 Å². The van der Waals surface area contributed by atoms with Crippen molar-refractivity contribution in [2.24, 2.45) is 0 Å². The molecule has 1 fully saturated rings. The van der Waals surface area contributed by atoms with Gasteiger partial charge in [-0.1, -0.05) is 19.3 Å². The highest BCUT2D eigenvalue weighted by atomic mass is 16.4. The molecule has 3 N–H and O–H groups in total. The van der Waals surface area contributed by atoms with E-state index in [1.165, 1.54) is 6.42 Å². The molecule has 7 nitrogen and oxygen atoms in total. The van der Waals surface area contributed by atoms with E-state index >= 15 is 0 Å². The number of carbonyl (C=O) groups is 3. The summed E-state index contributed by atoms with van der Waals surface area (Å²) in [5.74, 6) is -1.62. The average Bonchev–Trinajstić information content (AvgIpc) is 2.42. The van der Waals surface area contributed by atoms with Crippen LogP contribution in [0.25, 0.3) is 0 Å². The number of carbonyl (C=O) groups excluding carboxylic acids is 2. The minimum Gasteiger partial charge on any atom is -0.480 e. The summed E-state index contributed by atoms with van der Waals surface area (Å²) in [7, 11) is 1.72. The highest BCUT2D eigenvalue weighted by Crippen LogP contribution is 2.21. The zero-order chi connectivity index (χ0) is 14.3. The first-order valence-electron chi connectivity index (χ1n) is 6.50. The summed E-state index contributed by atoms with van der Waals surface area (Å²) in [6.07, 6.45) is 5.45. The van der Waals surface area contributed by atoms with Gasteiger partial charge in [-0.25, -0.2) is 4.79 Å². The highest BCUT2D eigenvalue weighted by molar-refractivity contribution is 5.86. The summed E-state index contributed by atoms with van der Waals surface area (Å²) < 4.78 is 0. The van der Waals surface area contributed by atoms with Crippen LogP contribution >= 0.6 is 0 Å². The van der Waals surface area contributed by atoms with Crippen LogP contribution in [0.5, 0.6) is 0 Å². The molecule has 0 saturated heterocycles. The topological polar surface area (TPSA) is 98.7 Å². The lowest BCUT2D eigenvalue weighted by Crippen LogP contribution is -2.47. The predicted molar refractivity (Wildman–Crippen MR) is 68.7 cm³/mol. The number of amides is 3. The Bertz CT molecular complexity index is 340. The van der Waals surface area contributed by atoms with Gasteiger partial charge in [0.05, 0.1) is 6.54 Å². The van der Waals surface area contributed by atoms with E-state index in [9.17, 15) is 14.4 Å². The Hall–Kier alpha value is -1.79. The SMILES string of the molecule is CN(C(=O)NCC(=O)NCC(=O)O)C1CCCCC1. The molecule has 3 amide bonds. The fraction of sp³-hybridized carbons (Fsp3) is 0.750. The van der Waals surface area contributed by atoms with E-state index in [0.29, 0.717) is 0 Å². The maximum atomic E-state index is 11.8. The molecular formula is C12H21N3O4. The van der Waals surface area contributed by atoms with Gasteiger partial charge in [-0.15, -0.1) is 0 Å². The van der Waals surface area contributed by atoms with Gasteiger partial charge in [0.1, 0.15) is 6.54 Å². The molecule has 108 valence electrons. The molecule has 0 spiro atoms. The minimum absolute atomic E-state index is 0.205. The molecule has 7 heteroatoms. The molecule has 0 bridgehead atoms. The number of nitrogens with one attached hydrogen (secondary N) is 2. The maximum absolute atomic E-state index is 11.8. The summed E-state index contributed by atoms with van der Waals surface area (Å²) in [4.78, 5) is 34.9. The lowest BCUT2D eigenvalue weighted by molar-refractivity contribution is -0.137. The van der Waals surface area contributed by atoms with Crippen LogP contribution in [0, 0.1) is 0 Å². The normalized spacial score (nSPS) is 15.6. The Morgan fingerprint density at radius 1 is 1.11 bits per heavy atom. The fourth-order valence-corrected chi connectivity index (χ4v) is 2.15. The minimum atomic E-state index is -1.11. The van der Waals surface area contributed by atoms with E-state index in [0.717, 1.165) is 25.7 Å². The van der Waals surface area contributed by atoms with Crippen LogP contribution in [-0.2, 0) is 9.59 Å². The Kier molecular flexibility index (Phi) is 6.11. The molecule has 0 radical (unpaired) electrons. The van der Waals surface area contributed by atoms with Crippen molar-refractivity contribution >= 4 is 17.9 Å². The fourth-order valence-electron chi connectivity index (χ4n) is 2.15. The van der Waals surface area contributed by atoms with Crippen molar-refractivity contribution in [1.29, 1.82) is 0 Å². The van der Waals surface area contributed by atoms with Crippen LogP contribution in [0.1, 0.15) is 32.1 Å². The smallest absolute Gasteiger partial charge is 0.322 e. The van der Waals surface area contributed by atoms with Crippen LogP contribution in [0.3, 0.4) is 0 Å². The van der Waals surface area contributed by atoms with Crippen molar-refractivity contribution in [3.05, 3.63) is 0 Å². The molecule has 0 aromatic heterocycles. The van der Waals surface area contributed by atoms with Gasteiger partial charge in [-0.2, -0.15) is 0 Å². The molecule has 1 saturated carbocycles. The second-order valence-electron chi connectivity index (χ2n) is 4.73. The number of hydrogen-bond acceptors (Lipinski definition) is 3. The van der Waals surface area contributed by atoms with Crippen molar-refractivity contribution < 1.29 is 19.5 Å². The molecule has 0 heterocycles. The van der Waals surface area contributed by atoms with Crippen molar-refractivity contribution in [2.75, 3.05) is 20.1 Å². The van der Waals surface area contributed by atoms with Crippen LogP contribution in [0.2, 0.25) is 0 Å². The van der Waals surface area contributed by atoms with Gasteiger partial charge in [0, 0.05) is 13.1 Å². The quantitative estimate of drug-likeness (QED) is 0.663. The first-order chi connectivity index (χ1) is 9.00. The lowest BCUT2D eigenvalue weighted by atomic mass is 9.95. The molecule has 19 heavy (non-hydrogen) atoms. The maximum Gasteiger partial charge on any atom is 0.322 e. The van der Waals surface area contributed by atoms with Gasteiger partial charge < -0.3 is 20.6 Å². The van der Waals surface area contributed by atoms with E-state index < -0.39 is 18.4 Å². The third-order valence-electron chi connectivity index (χ3n) is 3.28. The number of rotatable bonds is 5. The standard InChI is InChI=1S/C12H21N3O4/c1-15(9-5-3-2-4-6-9)12(19)14-7-10(16)13-8-11(17)18/h9H,2-8H2,1H3,(H,13,16)(H,14,19)(H,17,18). The van der Waals surface area contributed by atoms with Gasteiger partial charge >= 0.3 is 12.0 Å². The van der Waals surface area contributed by atoms with Crippen molar-refractivity contribution in [1.82, 2.24) is 15.5 Å². The first-order valence-corrected chi connectivity index (χ1v) is 6.50. The third-order valence-corrected chi connectivity index (χ3v) is 3.28. The molecule has 0 aromatic carbocycles. The van der Waals surface area contributed by atoms with Crippen molar-refractivity contribution in [2.45, 2.75) is 38.1 Å². The van der Waals surface area contributed by atoms with E-state index in [1.807, 2.05) is 0 Å². The molecule has 1 aliphatic rings. The largest absolute Gasteiger partial charge is 0.480 e. The average molecular weight is 271 g/mol. The van der Waals surface area contributed by atoms with Gasteiger partial charge in [-0.05, 0) is 12.8 Å². The Morgan fingerprint density at radius 3 is 2.32 bits per heavy atom. The predicted octanol–water partition coefficient (Wildman–Crippen LogP) is 0.161. The highest BCUT2D eigenvalue weighted by Gasteiger charge is 2.22. The summed E-state index contributed by atoms with van der Waals surface area (Å²) in [6.45, 7) is -0.643. The zero-order valence-corrected chi connectivity index (χ0v) is 11.1. The van der Waals surface area contributed by atoms with Gasteiger partial charge in [-0.3, -0.25) is 9.59 Å². The third kappa shape index (κ3) is 5.58. The number of aliphatic carboxylic acids is 1. The van der Waals surface area contributed by atoms with Crippen LogP contribution in [0.15, 0.2) is 0 Å². The molecule has 0 aliphatic heterocycles. The second kappa shape index (κ2) is 7.60. The second-order valence-corrected chi connectivity index (χ2v) is 4.73. The van der Waals surface area contributed by atoms with E-state index in [4.69, 9.17) is 5.11 Å². The number of carboxylic acids is 1. The van der Waals surface area contributed by atoms with Crippen LogP contribution in [-0.4, -0.2) is 54.1 Å². The molecule has 0 atom stereocenters. The molecular weight excluding hydrogens is 250 g/mol. The number of nitrogens with zero attached hydrogens (tertiary/aromatic N) is 1. The summed E-state index contributed by atoms with van der Waals surface area (Å²) in [5.41, 5.74) is 0. The monoisotopic (exact) mass is 271 g/mol. The van der Waals surface area contributed by atoms with Gasteiger partial charge in [0.2, 0.25) is 5.91 Å². The Balaban J connectivity index is 2.25. The summed E-state index contributed by atoms with van der Waals surface area (Å²) in [6, 6.07) is -0.0618. The Labute approximate surface area is 112 Å². The van der Waals surface area contributed by atoms with E-state index in [-0.39, 0.29) is 18.6 Å². The van der Waals surface area contributed by atoms with E-state index in [1.54, 1.807) is 11.9 Å². The molecule has 1 aliphatic carbocycles. The van der Waals surface area contributed by atoms with Gasteiger partial charge in [0.15, 0.2) is 0 Å². The van der Waals surface area contributed by atoms with Gasteiger partial charge in [0.25, 0.3) is 0 Å². The van der Waals surface area contributed by atoms with Crippen molar-refractivity contribution in [3.8, 4) is 0 Å². The molecule has 1 rings (SSSR count). The van der Waals surface area contributed by atoms with Crippen LogP contribution < -0.4 is 10.6 Å². The molecule has 0 unspecified atom stereocenters. The number of urea groups is 1. The number of carboxylic acid groups (broad SMARTS) is 1. The molecule has 0 aromatic rings. The Morgan fingerprint density at radius 2 is 1.74 bits per heavy atom. The summed E-state index contributed by atoms with van der Waals surface area (Å²) in [5, 5.41) is 13.1. The van der Waals surface area contributed by atoms with Crippen LogP contribution in [0.4, 0.5) is 4.79 Å².